The summed E-state index contributed by atoms with van der Waals surface area (Å²) in [6, 6.07) is 0. The Bertz CT molecular complexity index is 357. The summed E-state index contributed by atoms with van der Waals surface area (Å²) in [5.74, 6) is 1.71. The predicted molar refractivity (Wildman–Crippen MR) is 73.3 cm³/mol. The third-order valence-electron chi connectivity index (χ3n) is 2.77. The lowest BCUT2D eigenvalue weighted by molar-refractivity contribution is 0.639. The van der Waals surface area contributed by atoms with E-state index in [1.807, 2.05) is 7.05 Å². The van der Waals surface area contributed by atoms with Gasteiger partial charge in [-0.15, -0.1) is 0 Å². The van der Waals surface area contributed by atoms with Crippen molar-refractivity contribution in [2.45, 2.75) is 39.2 Å². The van der Waals surface area contributed by atoms with Gasteiger partial charge in [-0.25, -0.2) is 4.98 Å². The van der Waals surface area contributed by atoms with Gasteiger partial charge in [0.2, 0.25) is 0 Å². The molecule has 0 amide bonds. The normalized spacial score (nSPS) is 11.6. The molecule has 0 atom stereocenters. The zero-order valence-electron chi connectivity index (χ0n) is 11.6. The number of rotatable bonds is 7. The van der Waals surface area contributed by atoms with Gasteiger partial charge in [-0.05, 0) is 6.42 Å². The van der Waals surface area contributed by atoms with Gasteiger partial charge in [0.15, 0.2) is 5.96 Å². The number of unbranched alkanes of at least 4 members (excludes halogenated alkanes) is 3. The first kappa shape index (κ1) is 14.5. The van der Waals surface area contributed by atoms with Crippen molar-refractivity contribution >= 4 is 5.96 Å². The average molecular weight is 252 g/mol. The largest absolute Gasteiger partial charge is 0.356 e. The molecule has 0 saturated heterocycles. The maximum atomic E-state index is 4.17. The monoisotopic (exact) mass is 252 g/mol. The van der Waals surface area contributed by atoms with Crippen LogP contribution in [0.4, 0.5) is 0 Å². The van der Waals surface area contributed by atoms with Gasteiger partial charge >= 0.3 is 0 Å². The molecule has 1 rings (SSSR count). The molecular weight excluding hydrogens is 228 g/mol. The van der Waals surface area contributed by atoms with Crippen molar-refractivity contribution in [1.82, 2.24) is 25.4 Å². The fourth-order valence-corrected chi connectivity index (χ4v) is 1.62. The van der Waals surface area contributed by atoms with Gasteiger partial charge in [-0.1, -0.05) is 26.2 Å². The number of aliphatic imine (C=N–C) groups is 1. The molecule has 0 aliphatic rings. The molecule has 0 radical (unpaired) electrons. The van der Waals surface area contributed by atoms with E-state index in [2.05, 4.69) is 32.6 Å². The number of aromatic nitrogens is 3. The minimum Gasteiger partial charge on any atom is -0.356 e. The van der Waals surface area contributed by atoms with Crippen molar-refractivity contribution in [3.63, 3.8) is 0 Å². The van der Waals surface area contributed by atoms with E-state index in [4.69, 9.17) is 0 Å². The zero-order chi connectivity index (χ0) is 13.2. The van der Waals surface area contributed by atoms with Crippen molar-refractivity contribution in [2.24, 2.45) is 12.0 Å². The summed E-state index contributed by atoms with van der Waals surface area (Å²) in [7, 11) is 3.66. The molecule has 0 fully saturated rings. The van der Waals surface area contributed by atoms with Gasteiger partial charge in [-0.2, -0.15) is 5.10 Å². The molecule has 2 N–H and O–H groups in total. The molecule has 1 aromatic heterocycles. The van der Waals surface area contributed by atoms with E-state index in [0.29, 0.717) is 6.54 Å². The van der Waals surface area contributed by atoms with E-state index in [0.717, 1.165) is 18.3 Å². The number of nitrogens with one attached hydrogen (secondary N) is 2. The summed E-state index contributed by atoms with van der Waals surface area (Å²) >= 11 is 0. The molecule has 1 aromatic rings. The third-order valence-corrected chi connectivity index (χ3v) is 2.77. The van der Waals surface area contributed by atoms with Crippen LogP contribution in [0.5, 0.6) is 0 Å². The van der Waals surface area contributed by atoms with Gasteiger partial charge in [0.25, 0.3) is 0 Å². The van der Waals surface area contributed by atoms with Crippen molar-refractivity contribution in [3.05, 3.63) is 12.2 Å². The molecule has 6 heteroatoms. The van der Waals surface area contributed by atoms with Crippen LogP contribution in [0.3, 0.4) is 0 Å². The first-order valence-corrected chi connectivity index (χ1v) is 6.55. The number of hydrogen-bond acceptors (Lipinski definition) is 3. The molecule has 0 aliphatic carbocycles. The number of aryl methyl sites for hydroxylation is 1. The second-order valence-corrected chi connectivity index (χ2v) is 4.21. The maximum Gasteiger partial charge on any atom is 0.191 e. The third kappa shape index (κ3) is 5.16. The van der Waals surface area contributed by atoms with Crippen LogP contribution in [-0.4, -0.2) is 34.3 Å². The topological polar surface area (TPSA) is 67.1 Å². The Labute approximate surface area is 109 Å². The van der Waals surface area contributed by atoms with Gasteiger partial charge in [0.05, 0.1) is 6.54 Å². The van der Waals surface area contributed by atoms with Crippen molar-refractivity contribution in [1.29, 1.82) is 0 Å². The van der Waals surface area contributed by atoms with E-state index in [9.17, 15) is 0 Å². The highest BCUT2D eigenvalue weighted by Crippen LogP contribution is 1.97. The molecular formula is C12H24N6. The van der Waals surface area contributed by atoms with Crippen LogP contribution in [0.15, 0.2) is 11.3 Å². The Balaban J connectivity index is 2.20. The number of nitrogens with zero attached hydrogens (tertiary/aromatic N) is 4. The van der Waals surface area contributed by atoms with Crippen LogP contribution in [0.25, 0.3) is 0 Å². The molecule has 102 valence electrons. The Morgan fingerprint density at radius 1 is 1.33 bits per heavy atom. The van der Waals surface area contributed by atoms with Crippen molar-refractivity contribution in [2.75, 3.05) is 13.6 Å². The molecule has 0 aromatic carbocycles. The zero-order valence-corrected chi connectivity index (χ0v) is 11.6. The molecule has 1 heterocycles. The number of guanidine groups is 1. The maximum absolute atomic E-state index is 4.17. The summed E-state index contributed by atoms with van der Waals surface area (Å²) in [5.41, 5.74) is 0. The van der Waals surface area contributed by atoms with Crippen LogP contribution in [0.1, 0.15) is 38.4 Å². The van der Waals surface area contributed by atoms with Crippen LogP contribution < -0.4 is 10.6 Å². The molecule has 0 spiro atoms. The highest BCUT2D eigenvalue weighted by molar-refractivity contribution is 5.79. The smallest absolute Gasteiger partial charge is 0.191 e. The lowest BCUT2D eigenvalue weighted by Crippen LogP contribution is -2.37. The van der Waals surface area contributed by atoms with Gasteiger partial charge in [0.1, 0.15) is 12.2 Å². The standard InChI is InChI=1S/C12H24N6/c1-4-5-6-7-8-14-12(13-2)15-9-11-16-10-17-18(11)3/h10H,4-9H2,1-3H3,(H2,13,14,15). The van der Waals surface area contributed by atoms with Gasteiger partial charge < -0.3 is 10.6 Å². The Kier molecular flexibility index (Phi) is 6.83. The Hall–Kier alpha value is -1.59. The fourth-order valence-electron chi connectivity index (χ4n) is 1.62. The second kappa shape index (κ2) is 8.49. The summed E-state index contributed by atoms with van der Waals surface area (Å²) < 4.78 is 1.75. The molecule has 0 saturated carbocycles. The van der Waals surface area contributed by atoms with Crippen LogP contribution in [-0.2, 0) is 13.6 Å². The first-order valence-electron chi connectivity index (χ1n) is 6.55. The lowest BCUT2D eigenvalue weighted by Gasteiger charge is -2.11. The van der Waals surface area contributed by atoms with E-state index in [1.165, 1.54) is 25.7 Å². The summed E-state index contributed by atoms with van der Waals surface area (Å²) in [5, 5.41) is 10.5. The summed E-state index contributed by atoms with van der Waals surface area (Å²) in [6.07, 6.45) is 6.56. The molecule has 0 bridgehead atoms. The molecule has 0 unspecified atom stereocenters. The van der Waals surface area contributed by atoms with E-state index < -0.39 is 0 Å². The Morgan fingerprint density at radius 3 is 2.78 bits per heavy atom. The molecule has 6 nitrogen and oxygen atoms in total. The summed E-state index contributed by atoms with van der Waals surface area (Å²) in [6.45, 7) is 3.80. The van der Waals surface area contributed by atoms with E-state index >= 15 is 0 Å². The molecule has 0 aliphatic heterocycles. The minimum absolute atomic E-state index is 0.630. The SMILES string of the molecule is CCCCCCNC(=NC)NCc1ncnn1C. The number of hydrogen-bond donors (Lipinski definition) is 2. The van der Waals surface area contributed by atoms with Crippen LogP contribution >= 0.6 is 0 Å². The van der Waals surface area contributed by atoms with E-state index in [1.54, 1.807) is 18.1 Å². The minimum atomic E-state index is 0.630. The van der Waals surface area contributed by atoms with Crippen LogP contribution in [0.2, 0.25) is 0 Å². The van der Waals surface area contributed by atoms with Gasteiger partial charge in [-0.3, -0.25) is 9.67 Å². The van der Waals surface area contributed by atoms with E-state index in [-0.39, 0.29) is 0 Å². The first-order chi connectivity index (χ1) is 8.77. The average Bonchev–Trinajstić information content (AvgIpc) is 2.78. The van der Waals surface area contributed by atoms with Gasteiger partial charge in [0, 0.05) is 20.6 Å². The highest BCUT2D eigenvalue weighted by atomic mass is 15.3. The quantitative estimate of drug-likeness (QED) is 0.432. The molecule has 18 heavy (non-hydrogen) atoms. The van der Waals surface area contributed by atoms with Crippen molar-refractivity contribution in [3.8, 4) is 0 Å². The van der Waals surface area contributed by atoms with Crippen molar-refractivity contribution < 1.29 is 0 Å². The second-order valence-electron chi connectivity index (χ2n) is 4.21. The predicted octanol–water partition coefficient (Wildman–Crippen LogP) is 1.06. The Morgan fingerprint density at radius 2 is 2.17 bits per heavy atom. The summed E-state index contributed by atoms with van der Waals surface area (Å²) in [4.78, 5) is 8.32. The lowest BCUT2D eigenvalue weighted by atomic mass is 10.2. The fraction of sp³-hybridized carbons (Fsp3) is 0.750. The highest BCUT2D eigenvalue weighted by Gasteiger charge is 2.01. The van der Waals surface area contributed by atoms with Crippen LogP contribution in [0, 0.1) is 0 Å².